The van der Waals surface area contributed by atoms with Crippen LogP contribution in [0.25, 0.3) is 0 Å². The molecule has 2 aliphatic heterocycles. The van der Waals surface area contributed by atoms with E-state index in [4.69, 9.17) is 11.6 Å². The quantitative estimate of drug-likeness (QED) is 0.477. The fraction of sp³-hybridized carbons (Fsp3) is 0.310. The maximum Gasteiger partial charge on any atom is 0.250 e. The summed E-state index contributed by atoms with van der Waals surface area (Å²) in [6.07, 6.45) is 0.617. The Morgan fingerprint density at radius 3 is 2.26 bits per heavy atom. The summed E-state index contributed by atoms with van der Waals surface area (Å²) in [6, 6.07) is 21.4. The van der Waals surface area contributed by atoms with Gasteiger partial charge in [-0.3, -0.25) is 9.59 Å². The number of carbonyl (C=O) groups excluding carboxylic acids is 2. The molecular formula is C29H31ClN4O4S. The zero-order chi connectivity index (χ0) is 27.8. The van der Waals surface area contributed by atoms with Crippen LogP contribution < -0.4 is 10.2 Å². The van der Waals surface area contributed by atoms with Gasteiger partial charge in [-0.25, -0.2) is 8.42 Å². The van der Waals surface area contributed by atoms with Gasteiger partial charge in [-0.15, -0.1) is 0 Å². The summed E-state index contributed by atoms with van der Waals surface area (Å²) >= 11 is 5.94. The summed E-state index contributed by atoms with van der Waals surface area (Å²) in [5.41, 5.74) is 2.81. The zero-order valence-corrected chi connectivity index (χ0v) is 23.5. The van der Waals surface area contributed by atoms with Gasteiger partial charge < -0.3 is 15.1 Å². The van der Waals surface area contributed by atoms with Gasteiger partial charge in [0.05, 0.1) is 11.6 Å². The molecule has 2 saturated heterocycles. The van der Waals surface area contributed by atoms with E-state index in [-0.39, 0.29) is 43.0 Å². The third kappa shape index (κ3) is 5.26. The Morgan fingerprint density at radius 2 is 1.62 bits per heavy atom. The van der Waals surface area contributed by atoms with Crippen LogP contribution in [0.3, 0.4) is 0 Å². The first-order valence-corrected chi connectivity index (χ1v) is 14.7. The molecule has 8 nitrogen and oxygen atoms in total. The van der Waals surface area contributed by atoms with E-state index in [1.165, 1.54) is 16.4 Å². The number of anilines is 2. The monoisotopic (exact) mass is 566 g/mol. The normalized spacial score (nSPS) is 17.6. The van der Waals surface area contributed by atoms with Crippen molar-refractivity contribution in [2.75, 3.05) is 36.5 Å². The molecule has 0 atom stereocenters. The molecule has 0 aromatic heterocycles. The second kappa shape index (κ2) is 10.6. The molecule has 1 spiro atoms. The second-order valence-electron chi connectivity index (χ2n) is 10.1. The number of carbonyl (C=O) groups is 2. The fourth-order valence-electron chi connectivity index (χ4n) is 5.37. The molecular weight excluding hydrogens is 536 g/mol. The Balaban J connectivity index is 1.36. The van der Waals surface area contributed by atoms with E-state index >= 15 is 0 Å². The highest BCUT2D eigenvalue weighted by Gasteiger charge is 2.55. The summed E-state index contributed by atoms with van der Waals surface area (Å²) < 4.78 is 28.0. The number of nitrogens with one attached hydrogen (secondary N) is 1. The van der Waals surface area contributed by atoms with Crippen molar-refractivity contribution < 1.29 is 18.0 Å². The second-order valence-corrected chi connectivity index (χ2v) is 12.5. The molecule has 0 bridgehead atoms. The summed E-state index contributed by atoms with van der Waals surface area (Å²) in [6.45, 7) is 4.51. The highest BCUT2D eigenvalue weighted by atomic mass is 35.5. The summed E-state index contributed by atoms with van der Waals surface area (Å²) in [5.74, 6) is -0.440. The molecule has 0 radical (unpaired) electrons. The lowest BCUT2D eigenvalue weighted by Crippen LogP contribution is -2.57. The molecule has 0 saturated carbocycles. The first-order chi connectivity index (χ1) is 18.6. The lowest BCUT2D eigenvalue weighted by molar-refractivity contribution is -0.136. The highest BCUT2D eigenvalue weighted by molar-refractivity contribution is 7.89. The highest BCUT2D eigenvalue weighted by Crippen LogP contribution is 2.40. The van der Waals surface area contributed by atoms with Crippen molar-refractivity contribution in [1.82, 2.24) is 9.21 Å². The van der Waals surface area contributed by atoms with Crippen LogP contribution in [0.4, 0.5) is 11.4 Å². The van der Waals surface area contributed by atoms with Gasteiger partial charge in [0.15, 0.2) is 0 Å². The predicted molar refractivity (Wildman–Crippen MR) is 152 cm³/mol. The Kier molecular flexibility index (Phi) is 7.41. The van der Waals surface area contributed by atoms with Gasteiger partial charge in [0.2, 0.25) is 21.8 Å². The number of nitrogens with zero attached hydrogens (tertiary/aromatic N) is 3. The Bertz CT molecular complexity index is 1490. The van der Waals surface area contributed by atoms with Crippen molar-refractivity contribution >= 4 is 44.8 Å². The molecule has 10 heteroatoms. The predicted octanol–water partition coefficient (Wildman–Crippen LogP) is 4.43. The molecule has 3 aromatic carbocycles. The largest absolute Gasteiger partial charge is 0.339 e. The van der Waals surface area contributed by atoms with Crippen LogP contribution in [0, 0.1) is 13.8 Å². The minimum Gasteiger partial charge on any atom is -0.339 e. The molecule has 2 heterocycles. The maximum absolute atomic E-state index is 13.9. The molecule has 5 rings (SSSR count). The summed E-state index contributed by atoms with van der Waals surface area (Å²) in [7, 11) is -3.73. The fourth-order valence-corrected chi connectivity index (χ4v) is 6.93. The molecule has 2 aliphatic rings. The topological polar surface area (TPSA) is 90.0 Å². The molecule has 3 aromatic rings. The zero-order valence-electron chi connectivity index (χ0n) is 21.9. The number of amides is 2. The maximum atomic E-state index is 13.9. The number of hydrogen-bond donors (Lipinski definition) is 1. The van der Waals surface area contributed by atoms with Gasteiger partial charge >= 0.3 is 0 Å². The lowest BCUT2D eigenvalue weighted by Gasteiger charge is -2.42. The van der Waals surface area contributed by atoms with E-state index in [1.54, 1.807) is 17.0 Å². The van der Waals surface area contributed by atoms with Gasteiger partial charge in [0.1, 0.15) is 12.1 Å². The molecule has 39 heavy (non-hydrogen) atoms. The van der Waals surface area contributed by atoms with Crippen LogP contribution in [0.15, 0.2) is 77.7 Å². The van der Waals surface area contributed by atoms with E-state index in [0.29, 0.717) is 23.6 Å². The van der Waals surface area contributed by atoms with Gasteiger partial charge in [0, 0.05) is 29.5 Å². The van der Waals surface area contributed by atoms with Crippen molar-refractivity contribution in [3.05, 3.63) is 88.9 Å². The van der Waals surface area contributed by atoms with Crippen molar-refractivity contribution in [3.8, 4) is 0 Å². The third-order valence-electron chi connectivity index (χ3n) is 7.71. The summed E-state index contributed by atoms with van der Waals surface area (Å²) in [5, 5.41) is 3.37. The van der Waals surface area contributed by atoms with E-state index in [0.717, 1.165) is 16.8 Å². The number of aryl methyl sites for hydroxylation is 2. The average molecular weight is 567 g/mol. The van der Waals surface area contributed by atoms with Gasteiger partial charge in [0.25, 0.3) is 0 Å². The Hall–Kier alpha value is -3.40. The molecule has 0 aliphatic carbocycles. The standard InChI is InChI=1S/C29H31ClN4O4S/c1-21-8-11-24(18-22(21)2)31-27(35)19-32-20-34(25-6-4-3-5-7-25)29(28(32)36)14-16-33(17-15-29)39(37,38)26-12-9-23(30)10-13-26/h3-13,18H,14-17,19-20H2,1-2H3,(H,31,35). The molecule has 204 valence electrons. The van der Waals surface area contributed by atoms with Crippen LogP contribution in [0.2, 0.25) is 5.02 Å². The number of sulfonamides is 1. The SMILES string of the molecule is Cc1ccc(NC(=O)CN2CN(c3ccccc3)C3(CCN(S(=O)(=O)c4ccc(Cl)cc4)CC3)C2=O)cc1C. The minimum absolute atomic E-state index is 0.0936. The first-order valence-electron chi connectivity index (χ1n) is 12.8. The van der Waals surface area contributed by atoms with Crippen LogP contribution in [-0.2, 0) is 19.6 Å². The van der Waals surface area contributed by atoms with Gasteiger partial charge in [-0.05, 0) is 86.3 Å². The number of halogens is 1. The number of hydrogen-bond acceptors (Lipinski definition) is 5. The van der Waals surface area contributed by atoms with Crippen LogP contribution in [0.1, 0.15) is 24.0 Å². The van der Waals surface area contributed by atoms with E-state index in [9.17, 15) is 18.0 Å². The van der Waals surface area contributed by atoms with Gasteiger partial charge in [-0.2, -0.15) is 4.31 Å². The molecule has 2 amide bonds. The lowest BCUT2D eigenvalue weighted by atomic mass is 9.86. The minimum atomic E-state index is -3.73. The van der Waals surface area contributed by atoms with Crippen LogP contribution in [0.5, 0.6) is 0 Å². The molecule has 0 unspecified atom stereocenters. The van der Waals surface area contributed by atoms with E-state index in [1.807, 2.05) is 67.3 Å². The van der Waals surface area contributed by atoms with Crippen molar-refractivity contribution in [2.45, 2.75) is 37.1 Å². The molecule has 2 fully saturated rings. The smallest absolute Gasteiger partial charge is 0.250 e. The Morgan fingerprint density at radius 1 is 0.949 bits per heavy atom. The number of rotatable bonds is 6. The van der Waals surface area contributed by atoms with E-state index < -0.39 is 15.6 Å². The summed E-state index contributed by atoms with van der Waals surface area (Å²) in [4.78, 5) is 30.7. The van der Waals surface area contributed by atoms with Crippen molar-refractivity contribution in [3.63, 3.8) is 0 Å². The molecule has 1 N–H and O–H groups in total. The van der Waals surface area contributed by atoms with Crippen molar-refractivity contribution in [2.24, 2.45) is 0 Å². The number of para-hydroxylation sites is 1. The van der Waals surface area contributed by atoms with Crippen LogP contribution >= 0.6 is 11.6 Å². The average Bonchev–Trinajstić information content (AvgIpc) is 3.18. The Labute approximate surface area is 234 Å². The van der Waals surface area contributed by atoms with E-state index in [2.05, 4.69) is 5.32 Å². The first kappa shape index (κ1) is 27.2. The third-order valence-corrected chi connectivity index (χ3v) is 9.87. The number of benzene rings is 3. The van der Waals surface area contributed by atoms with Crippen molar-refractivity contribution in [1.29, 1.82) is 0 Å². The van der Waals surface area contributed by atoms with Crippen LogP contribution in [-0.4, -0.2) is 61.3 Å². The number of piperidine rings is 1. The van der Waals surface area contributed by atoms with Gasteiger partial charge in [-0.1, -0.05) is 35.9 Å².